The molecule has 0 fully saturated rings. The minimum absolute atomic E-state index is 0.100. The fourth-order valence-electron chi connectivity index (χ4n) is 2.22. The van der Waals surface area contributed by atoms with Gasteiger partial charge in [-0.1, -0.05) is 35.0 Å². The lowest BCUT2D eigenvalue weighted by Crippen LogP contribution is -2.12. The van der Waals surface area contributed by atoms with Crippen LogP contribution in [0.2, 0.25) is 0 Å². The molecule has 0 unspecified atom stereocenters. The summed E-state index contributed by atoms with van der Waals surface area (Å²) >= 11 is 3.42. The number of halogens is 1. The highest BCUT2D eigenvalue weighted by Gasteiger charge is 2.20. The van der Waals surface area contributed by atoms with Crippen LogP contribution in [0.5, 0.6) is 5.75 Å². The van der Waals surface area contributed by atoms with Gasteiger partial charge in [-0.05, 0) is 48.4 Å². The lowest BCUT2D eigenvalue weighted by atomic mass is 9.89. The molecule has 104 valence electrons. The molecule has 0 bridgehead atoms. The van der Waals surface area contributed by atoms with Crippen molar-refractivity contribution in [3.63, 3.8) is 0 Å². The van der Waals surface area contributed by atoms with Crippen LogP contribution >= 0.6 is 15.9 Å². The molecular formula is C17H17BrO2. The average molecular weight is 333 g/mol. The summed E-state index contributed by atoms with van der Waals surface area (Å²) in [5.74, 6) is 0.812. The van der Waals surface area contributed by atoms with Gasteiger partial charge in [0.05, 0.1) is 7.11 Å². The van der Waals surface area contributed by atoms with Crippen LogP contribution in [-0.2, 0) is 0 Å². The summed E-state index contributed by atoms with van der Waals surface area (Å²) in [7, 11) is 1.62. The van der Waals surface area contributed by atoms with E-state index in [4.69, 9.17) is 4.74 Å². The van der Waals surface area contributed by atoms with Crippen LogP contribution < -0.4 is 4.74 Å². The summed E-state index contributed by atoms with van der Waals surface area (Å²) in [5, 5.41) is 0. The fourth-order valence-corrected chi connectivity index (χ4v) is 2.49. The number of ketones is 1. The molecule has 0 aliphatic heterocycles. The van der Waals surface area contributed by atoms with E-state index in [1.807, 2.05) is 55.5 Å². The number of benzene rings is 2. The van der Waals surface area contributed by atoms with Gasteiger partial charge in [0.25, 0.3) is 0 Å². The van der Waals surface area contributed by atoms with Crippen LogP contribution in [0.15, 0.2) is 53.0 Å². The van der Waals surface area contributed by atoms with E-state index in [1.54, 1.807) is 7.11 Å². The second-order valence-electron chi connectivity index (χ2n) is 4.61. The van der Waals surface area contributed by atoms with Crippen LogP contribution in [0.4, 0.5) is 0 Å². The first-order valence-electron chi connectivity index (χ1n) is 6.59. The Morgan fingerprint density at radius 1 is 1.10 bits per heavy atom. The molecule has 0 aliphatic carbocycles. The predicted octanol–water partition coefficient (Wildman–Crippen LogP) is 4.83. The zero-order chi connectivity index (χ0) is 14.5. The topological polar surface area (TPSA) is 26.3 Å². The zero-order valence-corrected chi connectivity index (χ0v) is 13.2. The molecule has 0 aromatic heterocycles. The van der Waals surface area contributed by atoms with Crippen LogP contribution in [0.25, 0.3) is 0 Å². The van der Waals surface area contributed by atoms with Crippen molar-refractivity contribution >= 4 is 21.7 Å². The smallest absolute Gasteiger partial charge is 0.170 e. The van der Waals surface area contributed by atoms with E-state index in [0.717, 1.165) is 27.8 Å². The van der Waals surface area contributed by atoms with E-state index < -0.39 is 0 Å². The van der Waals surface area contributed by atoms with Gasteiger partial charge in [0.2, 0.25) is 0 Å². The van der Waals surface area contributed by atoms with Crippen LogP contribution in [0.3, 0.4) is 0 Å². The normalized spacial score (nSPS) is 11.9. The molecule has 0 N–H and O–H groups in total. The third-order valence-corrected chi connectivity index (χ3v) is 3.90. The number of carbonyl (C=O) groups is 1. The first kappa shape index (κ1) is 14.8. The number of Topliss-reactive ketones (excluding diaryl/α,β-unsaturated/α-hetero) is 1. The quantitative estimate of drug-likeness (QED) is 0.732. The largest absolute Gasteiger partial charge is 0.497 e. The highest BCUT2D eigenvalue weighted by Crippen LogP contribution is 2.26. The highest BCUT2D eigenvalue weighted by atomic mass is 79.9. The van der Waals surface area contributed by atoms with Crippen molar-refractivity contribution in [3.8, 4) is 5.75 Å². The summed E-state index contributed by atoms with van der Waals surface area (Å²) in [6, 6.07) is 15.2. The van der Waals surface area contributed by atoms with Crippen molar-refractivity contribution in [2.24, 2.45) is 0 Å². The van der Waals surface area contributed by atoms with E-state index >= 15 is 0 Å². The first-order valence-corrected chi connectivity index (χ1v) is 7.38. The van der Waals surface area contributed by atoms with Crippen molar-refractivity contribution in [3.05, 3.63) is 64.1 Å². The number of methoxy groups -OCH3 is 1. The predicted molar refractivity (Wildman–Crippen MR) is 84.5 cm³/mol. The summed E-state index contributed by atoms with van der Waals surface area (Å²) in [5.41, 5.74) is 1.78. The van der Waals surface area contributed by atoms with Gasteiger partial charge in [-0.2, -0.15) is 0 Å². The Kier molecular flexibility index (Phi) is 4.96. The molecule has 3 heteroatoms. The summed E-state index contributed by atoms with van der Waals surface area (Å²) in [4.78, 5) is 12.6. The van der Waals surface area contributed by atoms with Crippen molar-refractivity contribution in [1.82, 2.24) is 0 Å². The molecule has 1 atom stereocenters. The lowest BCUT2D eigenvalue weighted by Gasteiger charge is -2.14. The van der Waals surface area contributed by atoms with Gasteiger partial charge in [-0.15, -0.1) is 0 Å². The van der Waals surface area contributed by atoms with Crippen LogP contribution in [-0.4, -0.2) is 12.9 Å². The second-order valence-corrected chi connectivity index (χ2v) is 5.52. The molecule has 0 heterocycles. The Bertz CT molecular complexity index is 573. The number of carbonyl (C=O) groups excluding carboxylic acids is 1. The van der Waals surface area contributed by atoms with E-state index in [1.165, 1.54) is 0 Å². The minimum Gasteiger partial charge on any atom is -0.497 e. The Morgan fingerprint density at radius 2 is 1.70 bits per heavy atom. The van der Waals surface area contributed by atoms with E-state index in [-0.39, 0.29) is 11.7 Å². The molecule has 0 radical (unpaired) electrons. The Labute approximate surface area is 127 Å². The molecule has 0 saturated carbocycles. The van der Waals surface area contributed by atoms with Gasteiger partial charge < -0.3 is 4.74 Å². The Hall–Kier alpha value is -1.61. The summed E-state index contributed by atoms with van der Waals surface area (Å²) in [6.45, 7) is 2.04. The summed E-state index contributed by atoms with van der Waals surface area (Å²) in [6.07, 6.45) is 0.784. The fraction of sp³-hybridized carbons (Fsp3) is 0.235. The first-order chi connectivity index (χ1) is 9.65. The highest BCUT2D eigenvalue weighted by molar-refractivity contribution is 9.10. The van der Waals surface area contributed by atoms with Crippen molar-refractivity contribution in [2.75, 3.05) is 7.11 Å². The molecule has 0 spiro atoms. The Morgan fingerprint density at radius 3 is 2.20 bits per heavy atom. The van der Waals surface area contributed by atoms with Gasteiger partial charge in [0, 0.05) is 16.0 Å². The number of rotatable bonds is 5. The standard InChI is InChI=1S/C17H17BrO2/c1-3-16(12-4-8-14(18)9-5-12)17(19)13-6-10-15(20-2)11-7-13/h4-11,16H,3H2,1-2H3/t16-/m0/s1. The molecule has 20 heavy (non-hydrogen) atoms. The van der Waals surface area contributed by atoms with Gasteiger partial charge in [-0.3, -0.25) is 4.79 Å². The zero-order valence-electron chi connectivity index (χ0n) is 11.6. The Balaban J connectivity index is 2.26. The maximum absolute atomic E-state index is 12.6. The van der Waals surface area contributed by atoms with Crippen molar-refractivity contribution in [1.29, 1.82) is 0 Å². The van der Waals surface area contributed by atoms with Gasteiger partial charge in [0.1, 0.15) is 5.75 Å². The van der Waals surface area contributed by atoms with Crippen LogP contribution in [0.1, 0.15) is 35.2 Å². The third-order valence-electron chi connectivity index (χ3n) is 3.37. The number of hydrogen-bond acceptors (Lipinski definition) is 2. The van der Waals surface area contributed by atoms with Gasteiger partial charge in [0.15, 0.2) is 5.78 Å². The lowest BCUT2D eigenvalue weighted by molar-refractivity contribution is 0.0957. The van der Waals surface area contributed by atoms with Crippen molar-refractivity contribution < 1.29 is 9.53 Å². The van der Waals surface area contributed by atoms with Gasteiger partial charge in [-0.25, -0.2) is 0 Å². The maximum Gasteiger partial charge on any atom is 0.170 e. The monoisotopic (exact) mass is 332 g/mol. The third kappa shape index (κ3) is 3.28. The van der Waals surface area contributed by atoms with E-state index in [0.29, 0.717) is 0 Å². The SMILES string of the molecule is CC[C@H](C(=O)c1ccc(OC)cc1)c1ccc(Br)cc1. The molecule has 0 aliphatic rings. The van der Waals surface area contributed by atoms with E-state index in [2.05, 4.69) is 15.9 Å². The minimum atomic E-state index is -0.100. The molecule has 2 aromatic carbocycles. The van der Waals surface area contributed by atoms with E-state index in [9.17, 15) is 4.79 Å². The average Bonchev–Trinajstić information content (AvgIpc) is 2.50. The number of ether oxygens (including phenoxy) is 1. The van der Waals surface area contributed by atoms with Crippen molar-refractivity contribution in [2.45, 2.75) is 19.3 Å². The second kappa shape index (κ2) is 6.71. The summed E-state index contributed by atoms with van der Waals surface area (Å²) < 4.78 is 6.14. The molecule has 2 rings (SSSR count). The van der Waals surface area contributed by atoms with Gasteiger partial charge >= 0.3 is 0 Å². The number of hydrogen-bond donors (Lipinski definition) is 0. The molecule has 2 aromatic rings. The molecular weight excluding hydrogens is 316 g/mol. The molecule has 2 nitrogen and oxygen atoms in total. The molecule has 0 amide bonds. The van der Waals surface area contributed by atoms with Crippen LogP contribution in [0, 0.1) is 0 Å². The maximum atomic E-state index is 12.6. The molecule has 0 saturated heterocycles.